The molecule has 4 aromatic carbocycles. The molecule has 0 aliphatic carbocycles. The van der Waals surface area contributed by atoms with Crippen molar-refractivity contribution < 1.29 is 24.2 Å². The maximum Gasteiger partial charge on any atom is 0.303 e. The van der Waals surface area contributed by atoms with Crippen molar-refractivity contribution in [1.29, 1.82) is 0 Å². The number of hydrogen-bond acceptors (Lipinski definition) is 5. The minimum Gasteiger partial charge on any atom is -0.493 e. The molecule has 6 rings (SSSR count). The Labute approximate surface area is 288 Å². The van der Waals surface area contributed by atoms with Gasteiger partial charge in [0.05, 0.1) is 31.2 Å². The zero-order valence-corrected chi connectivity index (χ0v) is 28.3. The largest absolute Gasteiger partial charge is 0.493 e. The van der Waals surface area contributed by atoms with Crippen LogP contribution in [0.1, 0.15) is 39.2 Å². The first-order chi connectivity index (χ1) is 23.9. The van der Waals surface area contributed by atoms with E-state index in [9.17, 15) is 14.7 Å². The molecule has 0 radical (unpaired) electrons. The normalized spacial score (nSPS) is 14.8. The molecule has 1 fully saturated rings. The third-order valence-electron chi connectivity index (χ3n) is 9.24. The Morgan fingerprint density at radius 3 is 2.08 bits per heavy atom. The number of hydrogen-bond donors (Lipinski definition) is 1. The molecule has 1 aromatic heterocycles. The highest BCUT2D eigenvalue weighted by molar-refractivity contribution is 6.01. The molecule has 0 unspecified atom stereocenters. The lowest BCUT2D eigenvalue weighted by atomic mass is 9.99. The maximum atomic E-state index is 15.0. The maximum absolute atomic E-state index is 15.0. The minimum absolute atomic E-state index is 0.0195. The summed E-state index contributed by atoms with van der Waals surface area (Å²) in [4.78, 5) is 30.9. The van der Waals surface area contributed by atoms with Gasteiger partial charge in [0.2, 0.25) is 0 Å². The van der Waals surface area contributed by atoms with Gasteiger partial charge in [-0.15, -0.1) is 0 Å². The number of methoxy groups -OCH3 is 2. The van der Waals surface area contributed by atoms with Crippen LogP contribution in [0.25, 0.3) is 16.9 Å². The van der Waals surface area contributed by atoms with Crippen molar-refractivity contribution in [2.75, 3.05) is 33.9 Å². The van der Waals surface area contributed by atoms with Gasteiger partial charge >= 0.3 is 5.97 Å². The Balaban J connectivity index is 1.44. The molecule has 0 saturated carbocycles. The summed E-state index contributed by atoms with van der Waals surface area (Å²) < 4.78 is 13.7. The Kier molecular flexibility index (Phi) is 10.4. The van der Waals surface area contributed by atoms with E-state index in [1.807, 2.05) is 72.2 Å². The van der Waals surface area contributed by atoms with Crippen molar-refractivity contribution in [3.63, 3.8) is 0 Å². The van der Waals surface area contributed by atoms with Crippen molar-refractivity contribution in [3.8, 4) is 28.4 Å². The second-order valence-electron chi connectivity index (χ2n) is 12.6. The van der Waals surface area contributed by atoms with Crippen molar-refractivity contribution in [1.82, 2.24) is 14.4 Å². The van der Waals surface area contributed by atoms with E-state index in [4.69, 9.17) is 9.47 Å². The zero-order valence-electron chi connectivity index (χ0n) is 28.3. The van der Waals surface area contributed by atoms with Gasteiger partial charge in [-0.3, -0.25) is 14.5 Å². The molecule has 0 spiro atoms. The van der Waals surface area contributed by atoms with E-state index in [1.54, 1.807) is 14.2 Å². The summed E-state index contributed by atoms with van der Waals surface area (Å²) in [5.74, 6) is 0.111. The Morgan fingerprint density at radius 2 is 1.45 bits per heavy atom. The van der Waals surface area contributed by atoms with Crippen molar-refractivity contribution in [3.05, 3.63) is 137 Å². The SMILES string of the molecule is COc1cc(CCC(=O)O)cc(-n2c(C)cc(C(=O)N3CCN(Cc4ccccc4)C[C@H]3Cc3ccccc3)c2-c2ccccc2)c1OC. The van der Waals surface area contributed by atoms with E-state index in [-0.39, 0.29) is 18.4 Å². The summed E-state index contributed by atoms with van der Waals surface area (Å²) in [6.07, 6.45) is 1.05. The summed E-state index contributed by atoms with van der Waals surface area (Å²) in [6.45, 7) is 4.94. The van der Waals surface area contributed by atoms with Gasteiger partial charge in [-0.05, 0) is 60.2 Å². The first-order valence-electron chi connectivity index (χ1n) is 16.7. The van der Waals surface area contributed by atoms with Crippen LogP contribution in [-0.2, 0) is 24.2 Å². The van der Waals surface area contributed by atoms with Crippen molar-refractivity contribution in [2.45, 2.75) is 38.8 Å². The second kappa shape index (κ2) is 15.3. The number of amides is 1. The number of carbonyl (C=O) groups excluding carboxylic acids is 1. The number of piperazine rings is 1. The Morgan fingerprint density at radius 1 is 0.796 bits per heavy atom. The number of aliphatic carboxylic acids is 1. The van der Waals surface area contributed by atoms with Crippen LogP contribution in [0.3, 0.4) is 0 Å². The third kappa shape index (κ3) is 7.55. The van der Waals surface area contributed by atoms with Crippen molar-refractivity contribution in [2.24, 2.45) is 0 Å². The van der Waals surface area contributed by atoms with Crippen LogP contribution < -0.4 is 9.47 Å². The highest BCUT2D eigenvalue weighted by atomic mass is 16.5. The molecule has 8 heteroatoms. The number of aromatic nitrogens is 1. The van der Waals surface area contributed by atoms with Gasteiger partial charge in [0, 0.05) is 44.3 Å². The van der Waals surface area contributed by atoms with Gasteiger partial charge in [-0.2, -0.15) is 0 Å². The Bertz CT molecular complexity index is 1890. The molecule has 1 atom stereocenters. The number of ether oxygens (including phenoxy) is 2. The van der Waals surface area contributed by atoms with Gasteiger partial charge in [0.1, 0.15) is 0 Å². The van der Waals surface area contributed by atoms with Crippen LogP contribution in [-0.4, -0.2) is 71.2 Å². The molecule has 1 aliphatic rings. The fraction of sp³-hybridized carbons (Fsp3) is 0.268. The fourth-order valence-electron chi connectivity index (χ4n) is 6.94. The van der Waals surface area contributed by atoms with E-state index in [0.29, 0.717) is 35.7 Å². The first-order valence-corrected chi connectivity index (χ1v) is 16.7. The first kappa shape index (κ1) is 33.6. The summed E-state index contributed by atoms with van der Waals surface area (Å²) in [6, 6.07) is 36.5. The van der Waals surface area contributed by atoms with Gasteiger partial charge in [-0.1, -0.05) is 91.0 Å². The fourth-order valence-corrected chi connectivity index (χ4v) is 6.94. The molecule has 252 valence electrons. The molecule has 5 aromatic rings. The van der Waals surface area contributed by atoms with Gasteiger partial charge < -0.3 is 24.0 Å². The van der Waals surface area contributed by atoms with Crippen LogP contribution in [0.5, 0.6) is 11.5 Å². The number of benzene rings is 4. The molecule has 1 N–H and O–H groups in total. The number of nitrogens with zero attached hydrogens (tertiary/aromatic N) is 3. The Hall–Kier alpha value is -5.34. The lowest BCUT2D eigenvalue weighted by molar-refractivity contribution is -0.136. The summed E-state index contributed by atoms with van der Waals surface area (Å²) in [5.41, 5.74) is 7.03. The van der Waals surface area contributed by atoms with Crippen LogP contribution in [0.2, 0.25) is 0 Å². The van der Waals surface area contributed by atoms with Crippen LogP contribution in [0.4, 0.5) is 0 Å². The smallest absolute Gasteiger partial charge is 0.303 e. The van der Waals surface area contributed by atoms with Crippen LogP contribution in [0.15, 0.2) is 109 Å². The van der Waals surface area contributed by atoms with Crippen LogP contribution in [0, 0.1) is 6.92 Å². The molecular weight excluding hydrogens is 614 g/mol. The quantitative estimate of drug-likeness (QED) is 0.155. The van der Waals surface area contributed by atoms with Gasteiger partial charge in [0.25, 0.3) is 5.91 Å². The monoisotopic (exact) mass is 657 g/mol. The van der Waals surface area contributed by atoms with Gasteiger partial charge in [0.15, 0.2) is 11.5 Å². The number of carboxylic acid groups (broad SMARTS) is 1. The van der Waals surface area contributed by atoms with Crippen LogP contribution >= 0.6 is 0 Å². The van der Waals surface area contributed by atoms with E-state index in [0.717, 1.165) is 48.6 Å². The van der Waals surface area contributed by atoms with E-state index in [1.165, 1.54) is 11.1 Å². The predicted molar refractivity (Wildman–Crippen MR) is 192 cm³/mol. The van der Waals surface area contributed by atoms with E-state index in [2.05, 4.69) is 58.3 Å². The predicted octanol–water partition coefficient (Wildman–Crippen LogP) is 7.06. The summed E-state index contributed by atoms with van der Waals surface area (Å²) in [7, 11) is 3.16. The number of carbonyl (C=O) groups is 2. The molecule has 2 heterocycles. The minimum atomic E-state index is -0.875. The van der Waals surface area contributed by atoms with E-state index >= 15 is 0 Å². The summed E-state index contributed by atoms with van der Waals surface area (Å²) in [5, 5.41) is 9.41. The highest BCUT2D eigenvalue weighted by Crippen LogP contribution is 2.41. The molecular formula is C41H43N3O5. The average molecular weight is 658 g/mol. The lowest BCUT2D eigenvalue weighted by Gasteiger charge is -2.42. The summed E-state index contributed by atoms with van der Waals surface area (Å²) >= 11 is 0. The molecule has 1 amide bonds. The van der Waals surface area contributed by atoms with E-state index < -0.39 is 5.97 Å². The molecule has 49 heavy (non-hydrogen) atoms. The van der Waals surface area contributed by atoms with Crippen molar-refractivity contribution >= 4 is 11.9 Å². The third-order valence-corrected chi connectivity index (χ3v) is 9.24. The number of carboxylic acids is 1. The highest BCUT2D eigenvalue weighted by Gasteiger charge is 2.34. The molecule has 0 bridgehead atoms. The molecule has 1 saturated heterocycles. The zero-order chi connectivity index (χ0) is 34.3. The number of aryl methyl sites for hydroxylation is 2. The number of rotatable bonds is 12. The average Bonchev–Trinajstić information content (AvgIpc) is 3.48. The lowest BCUT2D eigenvalue weighted by Crippen LogP contribution is -2.55. The molecule has 1 aliphatic heterocycles. The van der Waals surface area contributed by atoms with Gasteiger partial charge in [-0.25, -0.2) is 0 Å². The second-order valence-corrected chi connectivity index (χ2v) is 12.6. The molecule has 8 nitrogen and oxygen atoms in total. The topological polar surface area (TPSA) is 84.2 Å². The standard InChI is InChI=1S/C41H43N3O5/c1-29-23-35(41(47)43-22-21-42(27-31-15-9-5-10-16-31)28-34(43)24-30-13-7-4-8-14-30)39(33-17-11-6-12-18-33)44(29)36-25-32(19-20-38(45)46)26-37(48-2)40(36)49-3/h4-18,23,25-26,34H,19-22,24,27-28H2,1-3H3,(H,45,46)/t34-/m1/s1.